The molecule has 1 N–H and O–H groups in total. The zero-order valence-corrected chi connectivity index (χ0v) is 9.25. The van der Waals surface area contributed by atoms with Gasteiger partial charge in [0.1, 0.15) is 6.10 Å². The van der Waals surface area contributed by atoms with Gasteiger partial charge in [-0.1, -0.05) is 53.9 Å². The monoisotopic (exact) mass is 220 g/mol. The minimum Gasteiger partial charge on any atom is -0.376 e. The molecule has 15 heavy (non-hydrogen) atoms. The smallest absolute Gasteiger partial charge is 0.186 e. The third-order valence-corrected chi connectivity index (χ3v) is 2.40. The Bertz CT molecular complexity index is 376. The van der Waals surface area contributed by atoms with Gasteiger partial charge in [0, 0.05) is 6.92 Å². The molecule has 0 saturated heterocycles. The van der Waals surface area contributed by atoms with Crippen LogP contribution >= 0.6 is 11.8 Å². The first-order chi connectivity index (χ1) is 7.20. The van der Waals surface area contributed by atoms with Crippen molar-refractivity contribution < 1.29 is 9.90 Å². The zero-order valence-electron chi connectivity index (χ0n) is 8.43. The summed E-state index contributed by atoms with van der Waals surface area (Å²) in [5, 5.41) is 9.66. The molecular weight excluding hydrogens is 208 g/mol. The van der Waals surface area contributed by atoms with Crippen LogP contribution in [0.3, 0.4) is 0 Å². The second-order valence-electron chi connectivity index (χ2n) is 2.91. The van der Waals surface area contributed by atoms with Crippen molar-refractivity contribution in [2.24, 2.45) is 0 Å². The van der Waals surface area contributed by atoms with E-state index in [1.54, 1.807) is 0 Å². The number of rotatable bonds is 2. The van der Waals surface area contributed by atoms with Gasteiger partial charge in [-0.05, 0) is 5.56 Å². The van der Waals surface area contributed by atoms with Crippen molar-refractivity contribution in [1.29, 1.82) is 0 Å². The van der Waals surface area contributed by atoms with Crippen molar-refractivity contribution in [2.45, 2.75) is 13.0 Å². The van der Waals surface area contributed by atoms with Crippen LogP contribution in [0.2, 0.25) is 0 Å². The van der Waals surface area contributed by atoms with E-state index in [-0.39, 0.29) is 5.12 Å². The van der Waals surface area contributed by atoms with Crippen LogP contribution in [0.4, 0.5) is 0 Å². The van der Waals surface area contributed by atoms with Gasteiger partial charge in [0.2, 0.25) is 0 Å². The molecule has 0 radical (unpaired) electrons. The maximum Gasteiger partial charge on any atom is 0.186 e. The molecule has 0 aliphatic rings. The molecule has 0 fully saturated rings. The third kappa shape index (κ3) is 4.68. The molecule has 0 aliphatic carbocycles. The van der Waals surface area contributed by atoms with Crippen molar-refractivity contribution in [1.82, 2.24) is 0 Å². The van der Waals surface area contributed by atoms with Crippen LogP contribution in [0.5, 0.6) is 0 Å². The molecular formula is C12H12O2S. The molecule has 78 valence electrons. The van der Waals surface area contributed by atoms with Crippen LogP contribution in [0.15, 0.2) is 30.3 Å². The van der Waals surface area contributed by atoms with Gasteiger partial charge in [-0.25, -0.2) is 0 Å². The largest absolute Gasteiger partial charge is 0.376 e. The van der Waals surface area contributed by atoms with Crippen molar-refractivity contribution in [2.75, 3.05) is 5.75 Å². The summed E-state index contributed by atoms with van der Waals surface area (Å²) in [4.78, 5) is 10.6. The van der Waals surface area contributed by atoms with Crippen LogP contribution in [0.1, 0.15) is 18.6 Å². The molecule has 0 aromatic heterocycles. The fourth-order valence-corrected chi connectivity index (χ4v) is 1.35. The Morgan fingerprint density at radius 2 is 2.13 bits per heavy atom. The standard InChI is InChI=1S/C12H12O2S/c1-10(13)15-9-5-8-12(14)11-6-3-2-4-7-11/h2-4,6-7,12,14H,9H2,1H3. The lowest BCUT2D eigenvalue weighted by atomic mass is 10.1. The normalized spacial score (nSPS) is 11.3. The Balaban J connectivity index is 2.48. The number of aliphatic hydroxyl groups excluding tert-OH is 1. The van der Waals surface area contributed by atoms with Crippen LogP contribution in [-0.2, 0) is 4.79 Å². The molecule has 0 bridgehead atoms. The van der Waals surface area contributed by atoms with Crippen molar-refractivity contribution in [3.63, 3.8) is 0 Å². The van der Waals surface area contributed by atoms with Crippen molar-refractivity contribution in [3.05, 3.63) is 35.9 Å². The predicted octanol–water partition coefficient (Wildman–Crippen LogP) is 2.00. The molecule has 3 heteroatoms. The molecule has 1 unspecified atom stereocenters. The van der Waals surface area contributed by atoms with E-state index in [1.165, 1.54) is 6.92 Å². The first-order valence-corrected chi connectivity index (χ1v) is 5.53. The summed E-state index contributed by atoms with van der Waals surface area (Å²) < 4.78 is 0. The number of carbonyl (C=O) groups is 1. The van der Waals surface area contributed by atoms with Crippen LogP contribution in [0.25, 0.3) is 0 Å². The van der Waals surface area contributed by atoms with E-state index in [9.17, 15) is 9.90 Å². The average molecular weight is 220 g/mol. The second kappa shape index (κ2) is 6.28. The highest BCUT2D eigenvalue weighted by atomic mass is 32.2. The molecule has 0 heterocycles. The predicted molar refractivity (Wildman–Crippen MR) is 62.3 cm³/mol. The molecule has 1 aromatic carbocycles. The van der Waals surface area contributed by atoms with Crippen LogP contribution in [-0.4, -0.2) is 16.0 Å². The summed E-state index contributed by atoms with van der Waals surface area (Å²) in [6.07, 6.45) is -0.765. The molecule has 1 rings (SSSR count). The lowest BCUT2D eigenvalue weighted by molar-refractivity contribution is -0.109. The summed E-state index contributed by atoms with van der Waals surface area (Å²) in [7, 11) is 0. The Morgan fingerprint density at radius 3 is 2.73 bits per heavy atom. The van der Waals surface area contributed by atoms with Gasteiger partial charge in [0.05, 0.1) is 5.75 Å². The number of aliphatic hydroxyl groups is 1. The Morgan fingerprint density at radius 1 is 1.47 bits per heavy atom. The summed E-state index contributed by atoms with van der Waals surface area (Å²) in [5.41, 5.74) is 0.776. The highest BCUT2D eigenvalue weighted by Gasteiger charge is 2.00. The van der Waals surface area contributed by atoms with E-state index in [0.29, 0.717) is 5.75 Å². The lowest BCUT2D eigenvalue weighted by Crippen LogP contribution is -1.93. The molecule has 0 amide bonds. The average Bonchev–Trinajstić information content (AvgIpc) is 2.25. The molecule has 1 aromatic rings. The van der Waals surface area contributed by atoms with Gasteiger partial charge in [0.25, 0.3) is 0 Å². The quantitative estimate of drug-likeness (QED) is 0.775. The van der Waals surface area contributed by atoms with Crippen molar-refractivity contribution >= 4 is 16.9 Å². The first-order valence-electron chi connectivity index (χ1n) is 4.55. The van der Waals surface area contributed by atoms with Gasteiger partial charge in [-0.2, -0.15) is 0 Å². The first kappa shape index (κ1) is 11.8. The number of benzene rings is 1. The maximum absolute atomic E-state index is 10.6. The van der Waals surface area contributed by atoms with E-state index >= 15 is 0 Å². The van der Waals surface area contributed by atoms with Gasteiger partial charge < -0.3 is 5.11 Å². The summed E-state index contributed by atoms with van der Waals surface area (Å²) >= 11 is 1.14. The fourth-order valence-electron chi connectivity index (χ4n) is 0.995. The van der Waals surface area contributed by atoms with E-state index in [2.05, 4.69) is 11.8 Å². The molecule has 0 spiro atoms. The van der Waals surface area contributed by atoms with E-state index < -0.39 is 6.10 Å². The van der Waals surface area contributed by atoms with E-state index in [1.807, 2.05) is 30.3 Å². The van der Waals surface area contributed by atoms with E-state index in [0.717, 1.165) is 17.3 Å². The number of hydrogen-bond donors (Lipinski definition) is 1. The highest BCUT2D eigenvalue weighted by Crippen LogP contribution is 2.10. The number of carbonyl (C=O) groups excluding carboxylic acids is 1. The SMILES string of the molecule is CC(=O)SCC#CC(O)c1ccccc1. The minimum atomic E-state index is -0.765. The molecule has 1 atom stereocenters. The van der Waals surface area contributed by atoms with Crippen molar-refractivity contribution in [3.8, 4) is 11.8 Å². The summed E-state index contributed by atoms with van der Waals surface area (Å²) in [5.74, 6) is 5.87. The fraction of sp³-hybridized carbons (Fsp3) is 0.250. The summed E-state index contributed by atoms with van der Waals surface area (Å²) in [6.45, 7) is 1.50. The number of thioether (sulfide) groups is 1. The molecule has 2 nitrogen and oxygen atoms in total. The van der Waals surface area contributed by atoms with E-state index in [4.69, 9.17) is 0 Å². The van der Waals surface area contributed by atoms with Gasteiger partial charge in [-0.3, -0.25) is 4.79 Å². The van der Waals surface area contributed by atoms with Gasteiger partial charge in [0.15, 0.2) is 5.12 Å². The molecule has 0 aliphatic heterocycles. The maximum atomic E-state index is 10.6. The van der Waals surface area contributed by atoms with Gasteiger partial charge >= 0.3 is 0 Å². The zero-order chi connectivity index (χ0) is 11.1. The number of hydrogen-bond acceptors (Lipinski definition) is 3. The highest BCUT2D eigenvalue weighted by molar-refractivity contribution is 8.13. The second-order valence-corrected chi connectivity index (χ2v) is 4.07. The van der Waals surface area contributed by atoms with Gasteiger partial charge in [-0.15, -0.1) is 0 Å². The molecule has 0 saturated carbocycles. The van der Waals surface area contributed by atoms with Crippen LogP contribution in [0, 0.1) is 11.8 Å². The van der Waals surface area contributed by atoms with Crippen LogP contribution < -0.4 is 0 Å². The summed E-state index contributed by atoms with van der Waals surface area (Å²) in [6, 6.07) is 9.22. The minimum absolute atomic E-state index is 0.0403. The third-order valence-electron chi connectivity index (χ3n) is 1.70. The Labute approximate surface area is 93.7 Å². The topological polar surface area (TPSA) is 37.3 Å². The Hall–Kier alpha value is -1.24. The lowest BCUT2D eigenvalue weighted by Gasteiger charge is -2.01. The Kier molecular flexibility index (Phi) is 4.96.